The molecule has 1 N–H and O–H groups in total. The van der Waals surface area contributed by atoms with E-state index in [1.807, 2.05) is 20.8 Å². The molecule has 164 valence electrons. The van der Waals surface area contributed by atoms with Crippen LogP contribution in [0.1, 0.15) is 37.8 Å². The Morgan fingerprint density at radius 3 is 2.33 bits per heavy atom. The van der Waals surface area contributed by atoms with Crippen molar-refractivity contribution in [3.05, 3.63) is 53.6 Å². The fraction of sp³-hybridized carbons (Fsp3) is 0.381. The number of hydrogen-bond donors (Lipinski definition) is 1. The maximum atomic E-state index is 13.5. The number of benzene rings is 2. The summed E-state index contributed by atoms with van der Waals surface area (Å²) in [6.45, 7) is 5.68. The number of alkyl halides is 3. The number of rotatable bonds is 8. The zero-order valence-electron chi connectivity index (χ0n) is 16.9. The fourth-order valence-electron chi connectivity index (χ4n) is 2.56. The minimum absolute atomic E-state index is 0.0725. The number of thioether (sulfide) groups is 1. The van der Waals surface area contributed by atoms with Crippen LogP contribution in [0.25, 0.3) is 0 Å². The zero-order chi connectivity index (χ0) is 22.5. The van der Waals surface area contributed by atoms with Gasteiger partial charge in [-0.05, 0) is 43.7 Å². The Hall–Kier alpha value is -2.00. The summed E-state index contributed by atoms with van der Waals surface area (Å²) in [5.74, 6) is -1.29. The van der Waals surface area contributed by atoms with E-state index < -0.39 is 39.7 Å². The molecule has 2 aromatic carbocycles. The predicted molar refractivity (Wildman–Crippen MR) is 114 cm³/mol. The molecule has 4 nitrogen and oxygen atoms in total. The summed E-state index contributed by atoms with van der Waals surface area (Å²) < 4.78 is 65.1. The van der Waals surface area contributed by atoms with Gasteiger partial charge in [0.1, 0.15) is 0 Å². The SMILES string of the molecule is CCC(C)Sc1ccc(NC(=O)CCS(=O)(=O)c2ccc(C)cc2)c(C(F)(F)F)c1. The van der Waals surface area contributed by atoms with Crippen molar-refractivity contribution in [2.24, 2.45) is 0 Å². The van der Waals surface area contributed by atoms with E-state index >= 15 is 0 Å². The lowest BCUT2D eigenvalue weighted by atomic mass is 10.1. The van der Waals surface area contributed by atoms with Crippen LogP contribution in [0, 0.1) is 6.92 Å². The summed E-state index contributed by atoms with van der Waals surface area (Å²) in [7, 11) is -3.71. The van der Waals surface area contributed by atoms with Crippen LogP contribution < -0.4 is 5.32 Å². The first-order chi connectivity index (χ1) is 13.9. The summed E-state index contributed by atoms with van der Waals surface area (Å²) in [6, 6.07) is 9.90. The van der Waals surface area contributed by atoms with Gasteiger partial charge in [-0.1, -0.05) is 31.5 Å². The summed E-state index contributed by atoms with van der Waals surface area (Å²) in [5, 5.41) is 2.36. The molecule has 0 bridgehead atoms. The van der Waals surface area contributed by atoms with Crippen molar-refractivity contribution in [1.82, 2.24) is 0 Å². The highest BCUT2D eigenvalue weighted by Gasteiger charge is 2.34. The highest BCUT2D eigenvalue weighted by Crippen LogP contribution is 2.38. The van der Waals surface area contributed by atoms with E-state index in [-0.39, 0.29) is 15.8 Å². The van der Waals surface area contributed by atoms with Gasteiger partial charge in [-0.3, -0.25) is 4.79 Å². The highest BCUT2D eigenvalue weighted by atomic mass is 32.2. The van der Waals surface area contributed by atoms with Crippen molar-refractivity contribution in [2.75, 3.05) is 11.1 Å². The van der Waals surface area contributed by atoms with Gasteiger partial charge in [0.2, 0.25) is 5.91 Å². The fourth-order valence-corrected chi connectivity index (χ4v) is 4.76. The first-order valence-electron chi connectivity index (χ1n) is 9.39. The van der Waals surface area contributed by atoms with Gasteiger partial charge in [0.05, 0.1) is 21.9 Å². The van der Waals surface area contributed by atoms with Crippen LogP contribution in [0.5, 0.6) is 0 Å². The maximum absolute atomic E-state index is 13.5. The Morgan fingerprint density at radius 1 is 1.13 bits per heavy atom. The van der Waals surface area contributed by atoms with Gasteiger partial charge in [-0.25, -0.2) is 8.42 Å². The maximum Gasteiger partial charge on any atom is 0.418 e. The lowest BCUT2D eigenvalue weighted by Crippen LogP contribution is -2.20. The van der Waals surface area contributed by atoms with Crippen LogP contribution in [-0.2, 0) is 20.8 Å². The standard InChI is InChI=1S/C21H24F3NO3S2/c1-4-15(3)29-16-7-10-19(18(13-16)21(22,23)24)25-20(26)11-12-30(27,28)17-8-5-14(2)6-9-17/h5-10,13,15H,4,11-12H2,1-3H3,(H,25,26). The Kier molecular flexibility index (Phi) is 7.99. The molecule has 0 radical (unpaired) electrons. The van der Waals surface area contributed by atoms with Crippen molar-refractivity contribution in [3.63, 3.8) is 0 Å². The molecule has 0 aromatic heterocycles. The summed E-state index contributed by atoms with van der Waals surface area (Å²) >= 11 is 1.32. The molecular weight excluding hydrogens is 435 g/mol. The molecule has 9 heteroatoms. The van der Waals surface area contributed by atoms with Gasteiger partial charge < -0.3 is 5.32 Å². The van der Waals surface area contributed by atoms with Crippen molar-refractivity contribution < 1.29 is 26.4 Å². The molecule has 1 amide bonds. The molecule has 0 aliphatic heterocycles. The van der Waals surface area contributed by atoms with E-state index in [4.69, 9.17) is 0 Å². The van der Waals surface area contributed by atoms with E-state index in [2.05, 4.69) is 5.32 Å². The Labute approximate surface area is 179 Å². The van der Waals surface area contributed by atoms with Crippen LogP contribution in [0.15, 0.2) is 52.3 Å². The molecule has 0 fully saturated rings. The number of carbonyl (C=O) groups excluding carboxylic acids is 1. The minimum atomic E-state index is -4.65. The molecule has 0 aliphatic rings. The number of anilines is 1. The second-order valence-corrected chi connectivity index (χ2v) is 10.6. The van der Waals surface area contributed by atoms with Gasteiger partial charge >= 0.3 is 6.18 Å². The van der Waals surface area contributed by atoms with Crippen LogP contribution in [0.3, 0.4) is 0 Å². The monoisotopic (exact) mass is 459 g/mol. The number of nitrogens with one attached hydrogen (secondary N) is 1. The molecule has 1 unspecified atom stereocenters. The Bertz CT molecular complexity index is 988. The molecular formula is C21H24F3NO3S2. The van der Waals surface area contributed by atoms with Gasteiger partial charge in [0.25, 0.3) is 0 Å². The van der Waals surface area contributed by atoms with Crippen molar-refractivity contribution in [2.45, 2.75) is 54.8 Å². The summed E-state index contributed by atoms with van der Waals surface area (Å²) in [6.07, 6.45) is -4.29. The first-order valence-corrected chi connectivity index (χ1v) is 11.9. The van der Waals surface area contributed by atoms with Crippen molar-refractivity contribution in [1.29, 1.82) is 0 Å². The van der Waals surface area contributed by atoms with Gasteiger partial charge in [0.15, 0.2) is 9.84 Å². The number of hydrogen-bond acceptors (Lipinski definition) is 4. The van der Waals surface area contributed by atoms with Crippen LogP contribution in [0.2, 0.25) is 0 Å². The third kappa shape index (κ3) is 6.77. The lowest BCUT2D eigenvalue weighted by molar-refractivity contribution is -0.137. The van der Waals surface area contributed by atoms with E-state index in [1.54, 1.807) is 12.1 Å². The average molecular weight is 460 g/mol. The first kappa shape index (κ1) is 24.3. The zero-order valence-corrected chi connectivity index (χ0v) is 18.5. The molecule has 0 heterocycles. The third-order valence-electron chi connectivity index (χ3n) is 4.46. The lowest BCUT2D eigenvalue weighted by Gasteiger charge is -2.16. The smallest absolute Gasteiger partial charge is 0.325 e. The minimum Gasteiger partial charge on any atom is -0.325 e. The molecule has 0 aliphatic carbocycles. The second kappa shape index (κ2) is 9.87. The van der Waals surface area contributed by atoms with E-state index in [1.165, 1.54) is 36.0 Å². The van der Waals surface area contributed by atoms with Gasteiger partial charge in [-0.2, -0.15) is 13.2 Å². The third-order valence-corrected chi connectivity index (χ3v) is 7.45. The molecule has 2 aromatic rings. The summed E-state index contributed by atoms with van der Waals surface area (Å²) in [5.41, 5.74) is -0.444. The van der Waals surface area contributed by atoms with Crippen molar-refractivity contribution in [3.8, 4) is 0 Å². The van der Waals surface area contributed by atoms with Gasteiger partial charge in [0, 0.05) is 16.6 Å². The highest BCUT2D eigenvalue weighted by molar-refractivity contribution is 8.00. The van der Waals surface area contributed by atoms with Gasteiger partial charge in [-0.15, -0.1) is 11.8 Å². The Morgan fingerprint density at radius 2 is 1.77 bits per heavy atom. The number of amides is 1. The molecule has 30 heavy (non-hydrogen) atoms. The Balaban J connectivity index is 2.12. The normalized spacial score (nSPS) is 13.1. The number of carbonyl (C=O) groups is 1. The van der Waals surface area contributed by atoms with Crippen molar-refractivity contribution >= 4 is 33.2 Å². The van der Waals surface area contributed by atoms with E-state index in [0.29, 0.717) is 4.90 Å². The number of halogens is 3. The number of aryl methyl sites for hydroxylation is 1. The van der Waals surface area contributed by atoms with Crippen LogP contribution >= 0.6 is 11.8 Å². The summed E-state index contributed by atoms with van der Waals surface area (Å²) in [4.78, 5) is 12.7. The van der Waals surface area contributed by atoms with Crippen LogP contribution in [0.4, 0.5) is 18.9 Å². The molecule has 0 saturated carbocycles. The second-order valence-electron chi connectivity index (χ2n) is 6.97. The van der Waals surface area contributed by atoms with E-state index in [9.17, 15) is 26.4 Å². The number of sulfone groups is 1. The molecule has 1 atom stereocenters. The average Bonchev–Trinajstić information content (AvgIpc) is 2.67. The van der Waals surface area contributed by atoms with E-state index in [0.717, 1.165) is 18.1 Å². The predicted octanol–water partition coefficient (Wildman–Crippen LogP) is 5.71. The molecule has 0 saturated heterocycles. The molecule has 0 spiro atoms. The molecule has 2 rings (SSSR count). The topological polar surface area (TPSA) is 63.2 Å². The largest absolute Gasteiger partial charge is 0.418 e. The van der Waals surface area contributed by atoms with Crippen LogP contribution in [-0.4, -0.2) is 25.3 Å². The quantitative estimate of drug-likeness (QED) is 0.514.